The SMILES string of the molecule is C=CCCCn1nc(C(=O)NC(C(=O)OC)C(C)(C)C)c2ccccc21.CCCCCn1nc(C(=O)NC(C(N)=O)C(C)(C)C)c2ccccc21. The minimum Gasteiger partial charge on any atom is -0.467 e. The van der Waals surface area contributed by atoms with Crippen molar-refractivity contribution in [2.45, 2.75) is 106 Å². The number of hydrogen-bond donors (Lipinski definition) is 3. The highest BCUT2D eigenvalue weighted by Gasteiger charge is 2.35. The number of amides is 3. The number of carbonyl (C=O) groups is 4. The van der Waals surface area contributed by atoms with E-state index in [0.29, 0.717) is 17.9 Å². The number of benzene rings is 2. The lowest BCUT2D eigenvalue weighted by Gasteiger charge is -2.28. The van der Waals surface area contributed by atoms with E-state index in [-0.39, 0.29) is 11.8 Å². The summed E-state index contributed by atoms with van der Waals surface area (Å²) in [5.74, 6) is -1.77. The largest absolute Gasteiger partial charge is 0.467 e. The highest BCUT2D eigenvalue weighted by Crippen LogP contribution is 2.24. The molecule has 0 aliphatic heterocycles. The first-order valence-corrected chi connectivity index (χ1v) is 17.6. The van der Waals surface area contributed by atoms with Crippen LogP contribution in [0.15, 0.2) is 61.2 Å². The average Bonchev–Trinajstić information content (AvgIpc) is 3.64. The normalized spacial score (nSPS) is 12.8. The second kappa shape index (κ2) is 17.8. The van der Waals surface area contributed by atoms with Crippen molar-refractivity contribution in [2.75, 3.05) is 7.11 Å². The molecule has 0 aliphatic carbocycles. The van der Waals surface area contributed by atoms with E-state index in [1.165, 1.54) is 7.11 Å². The molecule has 12 nitrogen and oxygen atoms in total. The fourth-order valence-corrected chi connectivity index (χ4v) is 5.69. The number of primary amides is 1. The number of nitrogens with one attached hydrogen (secondary N) is 2. The van der Waals surface area contributed by atoms with Crippen molar-refractivity contribution < 1.29 is 23.9 Å². The van der Waals surface area contributed by atoms with Gasteiger partial charge in [-0.25, -0.2) is 4.79 Å². The Hall–Kier alpha value is -5.00. The molecule has 2 aromatic heterocycles. The number of unbranched alkanes of at least 4 members (excludes halogenated alkanes) is 3. The van der Waals surface area contributed by atoms with Gasteiger partial charge in [-0.2, -0.15) is 10.2 Å². The maximum Gasteiger partial charge on any atom is 0.328 e. The fourth-order valence-electron chi connectivity index (χ4n) is 5.69. The predicted octanol–water partition coefficient (Wildman–Crippen LogP) is 6.18. The smallest absolute Gasteiger partial charge is 0.328 e. The summed E-state index contributed by atoms with van der Waals surface area (Å²) in [6, 6.07) is 13.7. The Morgan fingerprint density at radius 2 is 1.24 bits per heavy atom. The minimum absolute atomic E-state index is 0.317. The average molecular weight is 702 g/mol. The van der Waals surface area contributed by atoms with Gasteiger partial charge in [0.1, 0.15) is 12.1 Å². The van der Waals surface area contributed by atoms with Gasteiger partial charge in [0.2, 0.25) is 5.91 Å². The van der Waals surface area contributed by atoms with E-state index in [9.17, 15) is 19.2 Å². The van der Waals surface area contributed by atoms with Crippen LogP contribution in [0.3, 0.4) is 0 Å². The van der Waals surface area contributed by atoms with Crippen molar-refractivity contribution >= 4 is 45.5 Å². The molecule has 0 saturated heterocycles. The number of para-hydroxylation sites is 2. The summed E-state index contributed by atoms with van der Waals surface area (Å²) in [5.41, 5.74) is 6.99. The third-order valence-electron chi connectivity index (χ3n) is 8.50. The number of rotatable bonds is 14. The molecule has 0 radical (unpaired) electrons. The van der Waals surface area contributed by atoms with E-state index in [2.05, 4.69) is 34.3 Å². The van der Waals surface area contributed by atoms with Crippen molar-refractivity contribution in [1.82, 2.24) is 30.2 Å². The quantitative estimate of drug-likeness (QED) is 0.0804. The van der Waals surface area contributed by atoms with Gasteiger partial charge in [-0.3, -0.25) is 23.7 Å². The zero-order valence-corrected chi connectivity index (χ0v) is 31.4. The van der Waals surface area contributed by atoms with Crippen LogP contribution in [-0.4, -0.2) is 62.4 Å². The number of ether oxygens (including phenoxy) is 1. The highest BCUT2D eigenvalue weighted by molar-refractivity contribution is 6.07. The van der Waals surface area contributed by atoms with Crippen LogP contribution in [0.2, 0.25) is 0 Å². The minimum atomic E-state index is -0.760. The molecule has 0 spiro atoms. The van der Waals surface area contributed by atoms with Gasteiger partial charge in [0.15, 0.2) is 11.4 Å². The number of methoxy groups -OCH3 is 1. The molecule has 2 unspecified atom stereocenters. The predicted molar refractivity (Wildman–Crippen MR) is 201 cm³/mol. The maximum absolute atomic E-state index is 12.9. The van der Waals surface area contributed by atoms with Crippen LogP contribution in [0.1, 0.15) is 102 Å². The Bertz CT molecular complexity index is 1830. The molecule has 4 aromatic rings. The lowest BCUT2D eigenvalue weighted by Crippen LogP contribution is -2.52. The molecule has 2 heterocycles. The number of aryl methyl sites for hydroxylation is 2. The number of nitrogens with two attached hydrogens (primary N) is 1. The molecule has 3 amide bonds. The maximum atomic E-state index is 12.9. The van der Waals surface area contributed by atoms with E-state index in [0.717, 1.165) is 60.5 Å². The van der Waals surface area contributed by atoms with Crippen molar-refractivity contribution in [3.8, 4) is 0 Å². The number of aromatic nitrogens is 4. The number of allylic oxidation sites excluding steroid dienone is 1. The molecule has 51 heavy (non-hydrogen) atoms. The first-order valence-electron chi connectivity index (χ1n) is 17.6. The second-order valence-electron chi connectivity index (χ2n) is 14.8. The van der Waals surface area contributed by atoms with Gasteiger partial charge in [-0.05, 0) is 42.2 Å². The van der Waals surface area contributed by atoms with E-state index >= 15 is 0 Å². The van der Waals surface area contributed by atoms with E-state index in [4.69, 9.17) is 10.5 Å². The van der Waals surface area contributed by atoms with Crippen molar-refractivity contribution in [2.24, 2.45) is 16.6 Å². The molecule has 4 N–H and O–H groups in total. The topological polar surface area (TPSA) is 163 Å². The van der Waals surface area contributed by atoms with Gasteiger partial charge in [0, 0.05) is 23.9 Å². The zero-order valence-electron chi connectivity index (χ0n) is 31.4. The Balaban J connectivity index is 0.000000276. The number of hydrogen-bond acceptors (Lipinski definition) is 7. The van der Waals surface area contributed by atoms with Crippen LogP contribution in [0, 0.1) is 10.8 Å². The number of esters is 1. The molecule has 2 aromatic carbocycles. The number of fused-ring (bicyclic) bond motifs is 2. The summed E-state index contributed by atoms with van der Waals surface area (Å²) >= 11 is 0. The van der Waals surface area contributed by atoms with E-state index in [1.807, 2.05) is 106 Å². The Labute approximate surface area is 301 Å². The number of nitrogens with zero attached hydrogens (tertiary/aromatic N) is 4. The van der Waals surface area contributed by atoms with Gasteiger partial charge < -0.3 is 21.1 Å². The van der Waals surface area contributed by atoms with Crippen LogP contribution >= 0.6 is 0 Å². The fraction of sp³-hybridized carbons (Fsp3) is 0.487. The van der Waals surface area contributed by atoms with Gasteiger partial charge in [-0.1, -0.05) is 104 Å². The van der Waals surface area contributed by atoms with Crippen LogP contribution in [0.25, 0.3) is 21.8 Å². The van der Waals surface area contributed by atoms with Crippen molar-refractivity contribution in [3.63, 3.8) is 0 Å². The Morgan fingerprint density at radius 3 is 1.65 bits per heavy atom. The lowest BCUT2D eigenvalue weighted by atomic mass is 9.86. The first-order chi connectivity index (χ1) is 24.0. The summed E-state index contributed by atoms with van der Waals surface area (Å²) in [7, 11) is 1.32. The van der Waals surface area contributed by atoms with Crippen LogP contribution in [0.4, 0.5) is 0 Å². The first kappa shape index (κ1) is 40.4. The summed E-state index contributed by atoms with van der Waals surface area (Å²) < 4.78 is 8.55. The molecule has 0 fully saturated rings. The van der Waals surface area contributed by atoms with E-state index in [1.54, 1.807) is 0 Å². The third kappa shape index (κ3) is 10.5. The summed E-state index contributed by atoms with van der Waals surface area (Å²) in [6.07, 6.45) is 6.88. The van der Waals surface area contributed by atoms with Gasteiger partial charge in [0.25, 0.3) is 11.8 Å². The summed E-state index contributed by atoms with van der Waals surface area (Å²) in [5, 5.41) is 16.1. The van der Waals surface area contributed by atoms with Gasteiger partial charge in [-0.15, -0.1) is 6.58 Å². The van der Waals surface area contributed by atoms with Crippen molar-refractivity contribution in [1.29, 1.82) is 0 Å². The molecule has 12 heteroatoms. The lowest BCUT2D eigenvalue weighted by molar-refractivity contribution is -0.145. The standard InChI is InChI=1S/C20H27N3O3.C19H28N4O2/c1-6-7-10-13-23-15-12-9-8-11-14(15)16(22-23)18(24)21-17(19(25)26-5)20(2,3)4;1-5-6-9-12-23-14-11-8-7-10-13(14)15(22-23)18(25)21-16(17(20)24)19(2,3)4/h6,8-9,11-12,17H,1,7,10,13H2,2-5H3,(H,21,24);7-8,10-11,16H,5-6,9,12H2,1-4H3,(H2,20,24)(H,21,25). The molecular weight excluding hydrogens is 646 g/mol. The Morgan fingerprint density at radius 1 is 0.784 bits per heavy atom. The van der Waals surface area contributed by atoms with Gasteiger partial charge >= 0.3 is 5.97 Å². The second-order valence-corrected chi connectivity index (χ2v) is 14.8. The monoisotopic (exact) mass is 701 g/mol. The number of carbonyl (C=O) groups excluding carboxylic acids is 4. The molecule has 4 rings (SSSR count). The molecule has 0 saturated carbocycles. The highest BCUT2D eigenvalue weighted by atomic mass is 16.5. The molecule has 276 valence electrons. The van der Waals surface area contributed by atoms with Crippen molar-refractivity contribution in [3.05, 3.63) is 72.6 Å². The van der Waals surface area contributed by atoms with Crippen LogP contribution < -0.4 is 16.4 Å². The summed E-state index contributed by atoms with van der Waals surface area (Å²) in [4.78, 5) is 49.5. The Kier molecular flexibility index (Phi) is 14.1. The third-order valence-corrected chi connectivity index (χ3v) is 8.50. The van der Waals surface area contributed by atoms with Crippen LogP contribution in [-0.2, 0) is 27.4 Å². The molecule has 0 bridgehead atoms. The molecule has 2 atom stereocenters. The zero-order chi connectivity index (χ0) is 37.9. The summed E-state index contributed by atoms with van der Waals surface area (Å²) in [6.45, 7) is 18.6. The van der Waals surface area contributed by atoms with E-state index < -0.39 is 34.8 Å². The molecule has 0 aliphatic rings. The van der Waals surface area contributed by atoms with Gasteiger partial charge in [0.05, 0.1) is 18.1 Å². The molecular formula is C39H55N7O5. The van der Waals surface area contributed by atoms with Crippen LogP contribution in [0.5, 0.6) is 0 Å².